The van der Waals surface area contributed by atoms with Crippen LogP contribution in [-0.4, -0.2) is 10.1 Å². The maximum Gasteiger partial charge on any atom is 0.147 e. The third-order valence-corrected chi connectivity index (χ3v) is 2.45. The average molecular weight is 238 g/mol. The molecule has 0 aliphatic rings. The summed E-state index contributed by atoms with van der Waals surface area (Å²) in [5.41, 5.74) is 0.523. The minimum Gasteiger partial charge on any atom is -0.382 e. The molecule has 2 rings (SSSR count). The molecule has 4 heteroatoms. The van der Waals surface area contributed by atoms with Gasteiger partial charge in [0.1, 0.15) is 17.6 Å². The van der Waals surface area contributed by atoms with Crippen molar-refractivity contribution < 1.29 is 9.50 Å². The fourth-order valence-electron chi connectivity index (χ4n) is 1.43. The van der Waals surface area contributed by atoms with Crippen LogP contribution >= 0.6 is 11.6 Å². The molecule has 1 aromatic heterocycles. The molecule has 1 aromatic carbocycles. The maximum atomic E-state index is 13.4. The van der Waals surface area contributed by atoms with E-state index < -0.39 is 11.9 Å². The number of aromatic nitrogens is 1. The summed E-state index contributed by atoms with van der Waals surface area (Å²) < 4.78 is 13.4. The van der Waals surface area contributed by atoms with E-state index in [-0.39, 0.29) is 5.69 Å². The van der Waals surface area contributed by atoms with Gasteiger partial charge in [-0.05, 0) is 29.8 Å². The fraction of sp³-hybridized carbons (Fsp3) is 0.0833. The number of rotatable bonds is 2. The van der Waals surface area contributed by atoms with E-state index in [1.54, 1.807) is 24.3 Å². The van der Waals surface area contributed by atoms with Gasteiger partial charge in [-0.2, -0.15) is 0 Å². The highest BCUT2D eigenvalue weighted by Crippen LogP contribution is 2.24. The standard InChI is InChI=1S/C12H9ClFNO/c13-9-4-1-3-8(7-9)12(16)11-10(14)5-2-6-15-11/h1-7,12,16H. The van der Waals surface area contributed by atoms with Crippen LogP contribution in [0.3, 0.4) is 0 Å². The van der Waals surface area contributed by atoms with Gasteiger partial charge in [0.25, 0.3) is 0 Å². The molecule has 2 aromatic rings. The van der Waals surface area contributed by atoms with Gasteiger partial charge in [-0.25, -0.2) is 4.39 Å². The first-order chi connectivity index (χ1) is 7.68. The lowest BCUT2D eigenvalue weighted by Gasteiger charge is -2.11. The van der Waals surface area contributed by atoms with Crippen molar-refractivity contribution in [3.05, 3.63) is 64.7 Å². The van der Waals surface area contributed by atoms with Gasteiger partial charge in [0.05, 0.1) is 0 Å². The second-order valence-electron chi connectivity index (χ2n) is 3.33. The third-order valence-electron chi connectivity index (χ3n) is 2.21. The molecule has 0 aliphatic heterocycles. The van der Waals surface area contributed by atoms with Gasteiger partial charge >= 0.3 is 0 Å². The Hall–Kier alpha value is -1.45. The van der Waals surface area contributed by atoms with Gasteiger partial charge in [0, 0.05) is 11.2 Å². The Kier molecular flexibility index (Phi) is 3.17. The van der Waals surface area contributed by atoms with E-state index in [1.165, 1.54) is 18.3 Å². The SMILES string of the molecule is OC(c1cccc(Cl)c1)c1ncccc1F. The molecule has 1 atom stereocenters. The molecule has 1 unspecified atom stereocenters. The highest BCUT2D eigenvalue weighted by molar-refractivity contribution is 6.30. The van der Waals surface area contributed by atoms with Crippen LogP contribution in [0.15, 0.2) is 42.6 Å². The molecule has 0 amide bonds. The molecule has 0 saturated heterocycles. The number of benzene rings is 1. The van der Waals surface area contributed by atoms with E-state index in [0.29, 0.717) is 10.6 Å². The first-order valence-corrected chi connectivity index (χ1v) is 5.10. The van der Waals surface area contributed by atoms with Crippen LogP contribution in [0.5, 0.6) is 0 Å². The highest BCUT2D eigenvalue weighted by atomic mass is 35.5. The smallest absolute Gasteiger partial charge is 0.147 e. The molecule has 1 N–H and O–H groups in total. The first kappa shape index (κ1) is 11.0. The summed E-state index contributed by atoms with van der Waals surface area (Å²) in [6.07, 6.45) is 0.339. The molecular weight excluding hydrogens is 229 g/mol. The van der Waals surface area contributed by atoms with Crippen LogP contribution < -0.4 is 0 Å². The molecule has 0 spiro atoms. The van der Waals surface area contributed by atoms with E-state index in [4.69, 9.17) is 11.6 Å². The highest BCUT2D eigenvalue weighted by Gasteiger charge is 2.15. The number of aliphatic hydroxyl groups excluding tert-OH is 1. The quantitative estimate of drug-likeness (QED) is 0.871. The molecule has 0 bridgehead atoms. The van der Waals surface area contributed by atoms with Crippen molar-refractivity contribution in [1.29, 1.82) is 0 Å². The van der Waals surface area contributed by atoms with E-state index >= 15 is 0 Å². The molecule has 0 aliphatic carbocycles. The third kappa shape index (κ3) is 2.21. The van der Waals surface area contributed by atoms with Crippen LogP contribution in [0.25, 0.3) is 0 Å². The molecule has 82 valence electrons. The molecule has 0 saturated carbocycles. The van der Waals surface area contributed by atoms with Crippen LogP contribution in [-0.2, 0) is 0 Å². The Bertz CT molecular complexity index is 504. The van der Waals surface area contributed by atoms with Crippen molar-refractivity contribution >= 4 is 11.6 Å². The lowest BCUT2D eigenvalue weighted by molar-refractivity contribution is 0.209. The number of hydrogen-bond donors (Lipinski definition) is 1. The zero-order valence-corrected chi connectivity index (χ0v) is 9.03. The summed E-state index contributed by atoms with van der Waals surface area (Å²) in [5.74, 6) is -0.532. The zero-order chi connectivity index (χ0) is 11.5. The van der Waals surface area contributed by atoms with Crippen LogP contribution in [0.2, 0.25) is 5.02 Å². The summed E-state index contributed by atoms with van der Waals surface area (Å²) in [7, 11) is 0. The van der Waals surface area contributed by atoms with Crippen LogP contribution in [0, 0.1) is 5.82 Å². The minimum absolute atomic E-state index is 0.00441. The summed E-state index contributed by atoms with van der Waals surface area (Å²) in [6, 6.07) is 9.37. The predicted octanol–water partition coefficient (Wildman–Crippen LogP) is 2.96. The Morgan fingerprint density at radius 1 is 1.25 bits per heavy atom. The van der Waals surface area contributed by atoms with E-state index in [0.717, 1.165) is 0 Å². The molecule has 0 radical (unpaired) electrons. The van der Waals surface area contributed by atoms with E-state index in [1.807, 2.05) is 0 Å². The van der Waals surface area contributed by atoms with Crippen molar-refractivity contribution in [3.8, 4) is 0 Å². The van der Waals surface area contributed by atoms with Crippen molar-refractivity contribution in [1.82, 2.24) is 4.98 Å². The zero-order valence-electron chi connectivity index (χ0n) is 8.27. The van der Waals surface area contributed by atoms with Gasteiger partial charge in [0.15, 0.2) is 0 Å². The Labute approximate surface area is 97.3 Å². The monoisotopic (exact) mass is 237 g/mol. The largest absolute Gasteiger partial charge is 0.382 e. The second-order valence-corrected chi connectivity index (χ2v) is 3.76. The second kappa shape index (κ2) is 4.60. The van der Waals surface area contributed by atoms with Gasteiger partial charge in [-0.15, -0.1) is 0 Å². The average Bonchev–Trinajstić information content (AvgIpc) is 2.29. The summed E-state index contributed by atoms with van der Waals surface area (Å²) in [6.45, 7) is 0. The van der Waals surface area contributed by atoms with Gasteiger partial charge in [0.2, 0.25) is 0 Å². The minimum atomic E-state index is -1.10. The first-order valence-electron chi connectivity index (χ1n) is 4.72. The van der Waals surface area contributed by atoms with Gasteiger partial charge in [-0.3, -0.25) is 4.98 Å². The van der Waals surface area contributed by atoms with Crippen molar-refractivity contribution in [2.75, 3.05) is 0 Å². The maximum absolute atomic E-state index is 13.4. The Morgan fingerprint density at radius 2 is 2.06 bits per heavy atom. The molecule has 2 nitrogen and oxygen atoms in total. The fourth-order valence-corrected chi connectivity index (χ4v) is 1.63. The number of hydrogen-bond acceptors (Lipinski definition) is 2. The summed E-state index contributed by atoms with van der Waals surface area (Å²) in [5, 5.41) is 10.4. The Balaban J connectivity index is 2.39. The van der Waals surface area contributed by atoms with E-state index in [9.17, 15) is 9.50 Å². The number of nitrogens with zero attached hydrogens (tertiary/aromatic N) is 1. The number of pyridine rings is 1. The topological polar surface area (TPSA) is 33.1 Å². The predicted molar refractivity (Wildman–Crippen MR) is 59.7 cm³/mol. The lowest BCUT2D eigenvalue weighted by Crippen LogP contribution is -2.04. The van der Waals surface area contributed by atoms with Gasteiger partial charge < -0.3 is 5.11 Å². The van der Waals surface area contributed by atoms with Crippen LogP contribution in [0.1, 0.15) is 17.4 Å². The summed E-state index contributed by atoms with van der Waals surface area (Å²) >= 11 is 5.79. The van der Waals surface area contributed by atoms with Crippen molar-refractivity contribution in [2.24, 2.45) is 0 Å². The van der Waals surface area contributed by atoms with E-state index in [2.05, 4.69) is 4.98 Å². The molecular formula is C12H9ClFNO. The normalized spacial score (nSPS) is 12.4. The molecule has 16 heavy (non-hydrogen) atoms. The van der Waals surface area contributed by atoms with Crippen molar-refractivity contribution in [2.45, 2.75) is 6.10 Å². The lowest BCUT2D eigenvalue weighted by atomic mass is 10.1. The van der Waals surface area contributed by atoms with Crippen molar-refractivity contribution in [3.63, 3.8) is 0 Å². The molecule has 0 fully saturated rings. The summed E-state index contributed by atoms with van der Waals surface area (Å²) in [4.78, 5) is 3.82. The number of halogens is 2. The molecule has 1 heterocycles. The van der Waals surface area contributed by atoms with Gasteiger partial charge in [-0.1, -0.05) is 23.7 Å². The van der Waals surface area contributed by atoms with Crippen LogP contribution in [0.4, 0.5) is 4.39 Å². The Morgan fingerprint density at radius 3 is 2.75 bits per heavy atom. The number of aliphatic hydroxyl groups is 1.